The van der Waals surface area contributed by atoms with Gasteiger partial charge in [-0.2, -0.15) is 0 Å². The lowest BCUT2D eigenvalue weighted by atomic mass is 10.2. The molecule has 1 aliphatic rings. The maximum Gasteiger partial charge on any atom is 0.222 e. The predicted molar refractivity (Wildman–Crippen MR) is 98.4 cm³/mol. The van der Waals surface area contributed by atoms with Gasteiger partial charge < -0.3 is 25.2 Å². The van der Waals surface area contributed by atoms with E-state index in [0.29, 0.717) is 13.0 Å². The summed E-state index contributed by atoms with van der Waals surface area (Å²) in [5.41, 5.74) is 0. The standard InChI is InChI=1S/C17H35N5O2/c1-6-16(23)22-11-8-14(13-22)20-17(18-3)19-12-15(24-7-2)9-10-21(4)5/h14-15H,6-13H2,1-5H3,(H2,18,19,20). The molecule has 140 valence electrons. The molecule has 7 heteroatoms. The monoisotopic (exact) mass is 341 g/mol. The van der Waals surface area contributed by atoms with Crippen LogP contribution >= 0.6 is 0 Å². The van der Waals surface area contributed by atoms with Gasteiger partial charge in [-0.15, -0.1) is 0 Å². The Morgan fingerprint density at radius 2 is 2.17 bits per heavy atom. The fraction of sp³-hybridized carbons (Fsp3) is 0.882. The van der Waals surface area contributed by atoms with Crippen molar-refractivity contribution in [3.8, 4) is 0 Å². The molecule has 1 fully saturated rings. The van der Waals surface area contributed by atoms with Crippen LogP contribution < -0.4 is 10.6 Å². The van der Waals surface area contributed by atoms with E-state index >= 15 is 0 Å². The highest BCUT2D eigenvalue weighted by Gasteiger charge is 2.25. The summed E-state index contributed by atoms with van der Waals surface area (Å²) in [4.78, 5) is 20.1. The Labute approximate surface area is 146 Å². The van der Waals surface area contributed by atoms with Gasteiger partial charge in [-0.25, -0.2) is 0 Å². The van der Waals surface area contributed by atoms with E-state index in [-0.39, 0.29) is 18.1 Å². The van der Waals surface area contributed by atoms with Crippen molar-refractivity contribution in [2.75, 3.05) is 53.9 Å². The minimum atomic E-state index is 0.165. The zero-order valence-electron chi connectivity index (χ0n) is 16.0. The maximum atomic E-state index is 11.8. The van der Waals surface area contributed by atoms with Crippen LogP contribution in [0, 0.1) is 0 Å². The SMILES string of the molecule is CCOC(CCN(C)C)CNC(=NC)NC1CCN(C(=O)CC)C1. The molecule has 0 aliphatic carbocycles. The molecular weight excluding hydrogens is 306 g/mol. The third-order valence-corrected chi connectivity index (χ3v) is 4.21. The lowest BCUT2D eigenvalue weighted by Gasteiger charge is -2.23. The van der Waals surface area contributed by atoms with Crippen molar-refractivity contribution in [2.45, 2.75) is 45.3 Å². The first kappa shape index (κ1) is 20.7. The van der Waals surface area contributed by atoms with Crippen molar-refractivity contribution >= 4 is 11.9 Å². The topological polar surface area (TPSA) is 69.2 Å². The first-order chi connectivity index (χ1) is 11.5. The summed E-state index contributed by atoms with van der Waals surface area (Å²) in [6.45, 7) is 7.94. The Bertz CT molecular complexity index is 400. The van der Waals surface area contributed by atoms with Crippen LogP contribution in [0.1, 0.15) is 33.1 Å². The van der Waals surface area contributed by atoms with Crippen LogP contribution in [0.5, 0.6) is 0 Å². The molecule has 2 N–H and O–H groups in total. The molecule has 0 radical (unpaired) electrons. The summed E-state index contributed by atoms with van der Waals surface area (Å²) >= 11 is 0. The summed E-state index contributed by atoms with van der Waals surface area (Å²) in [5, 5.41) is 6.77. The van der Waals surface area contributed by atoms with Gasteiger partial charge in [-0.3, -0.25) is 9.79 Å². The first-order valence-corrected chi connectivity index (χ1v) is 9.01. The molecule has 0 spiro atoms. The number of rotatable bonds is 9. The lowest BCUT2D eigenvalue weighted by molar-refractivity contribution is -0.129. The normalized spacial score (nSPS) is 19.7. The third kappa shape index (κ3) is 7.49. The number of carbonyl (C=O) groups is 1. The van der Waals surface area contributed by atoms with Crippen LogP contribution in [-0.2, 0) is 9.53 Å². The minimum absolute atomic E-state index is 0.165. The van der Waals surface area contributed by atoms with E-state index in [0.717, 1.165) is 45.0 Å². The van der Waals surface area contributed by atoms with Gasteiger partial charge in [0.25, 0.3) is 0 Å². The van der Waals surface area contributed by atoms with Crippen LogP contribution in [0.2, 0.25) is 0 Å². The molecule has 0 bridgehead atoms. The maximum absolute atomic E-state index is 11.8. The Hall–Kier alpha value is -1.34. The molecule has 0 aromatic rings. The lowest BCUT2D eigenvalue weighted by Crippen LogP contribution is -2.47. The van der Waals surface area contributed by atoms with Crippen LogP contribution in [-0.4, -0.2) is 87.7 Å². The average molecular weight is 342 g/mol. The number of likely N-dealkylation sites (tertiary alicyclic amines) is 1. The van der Waals surface area contributed by atoms with Gasteiger partial charge in [0.15, 0.2) is 5.96 Å². The van der Waals surface area contributed by atoms with Crippen molar-refractivity contribution in [2.24, 2.45) is 4.99 Å². The smallest absolute Gasteiger partial charge is 0.222 e. The number of nitrogens with one attached hydrogen (secondary N) is 2. The molecule has 2 unspecified atom stereocenters. The average Bonchev–Trinajstić information content (AvgIpc) is 3.03. The second kappa shape index (κ2) is 11.3. The van der Waals surface area contributed by atoms with E-state index in [4.69, 9.17) is 4.74 Å². The number of nitrogens with zero attached hydrogens (tertiary/aromatic N) is 3. The molecule has 1 amide bonds. The Balaban J connectivity index is 2.39. The molecule has 2 atom stereocenters. The van der Waals surface area contributed by atoms with Gasteiger partial charge >= 0.3 is 0 Å². The zero-order valence-corrected chi connectivity index (χ0v) is 16.0. The molecule has 0 aromatic carbocycles. The summed E-state index contributed by atoms with van der Waals surface area (Å²) in [6.07, 6.45) is 2.68. The Morgan fingerprint density at radius 3 is 2.75 bits per heavy atom. The number of guanidine groups is 1. The van der Waals surface area contributed by atoms with Crippen molar-refractivity contribution < 1.29 is 9.53 Å². The number of amides is 1. The Morgan fingerprint density at radius 1 is 1.42 bits per heavy atom. The highest BCUT2D eigenvalue weighted by Crippen LogP contribution is 2.10. The molecule has 0 saturated carbocycles. The number of hydrogen-bond acceptors (Lipinski definition) is 4. The molecule has 24 heavy (non-hydrogen) atoms. The molecule has 1 aliphatic heterocycles. The highest BCUT2D eigenvalue weighted by molar-refractivity contribution is 5.80. The van der Waals surface area contributed by atoms with Crippen LogP contribution in [0.25, 0.3) is 0 Å². The molecular formula is C17H35N5O2. The number of aliphatic imine (C=N–C) groups is 1. The fourth-order valence-corrected chi connectivity index (χ4v) is 2.81. The second-order valence-corrected chi connectivity index (χ2v) is 6.45. The summed E-state index contributed by atoms with van der Waals surface area (Å²) in [5.74, 6) is 1.00. The van der Waals surface area contributed by atoms with Gasteiger partial charge in [-0.05, 0) is 33.9 Å². The molecule has 0 aromatic heterocycles. The van der Waals surface area contributed by atoms with E-state index in [1.807, 2.05) is 18.7 Å². The summed E-state index contributed by atoms with van der Waals surface area (Å²) in [6, 6.07) is 0.263. The van der Waals surface area contributed by atoms with Gasteiger partial charge in [0, 0.05) is 52.3 Å². The molecule has 1 heterocycles. The fourth-order valence-electron chi connectivity index (χ4n) is 2.81. The molecule has 1 rings (SSSR count). The number of hydrogen-bond donors (Lipinski definition) is 2. The second-order valence-electron chi connectivity index (χ2n) is 6.45. The van der Waals surface area contributed by atoms with Crippen LogP contribution in [0.4, 0.5) is 0 Å². The van der Waals surface area contributed by atoms with Gasteiger partial charge in [0.2, 0.25) is 5.91 Å². The van der Waals surface area contributed by atoms with Gasteiger partial charge in [0.05, 0.1) is 6.10 Å². The quantitative estimate of drug-likeness (QED) is 0.473. The summed E-state index contributed by atoms with van der Waals surface area (Å²) < 4.78 is 5.80. The first-order valence-electron chi connectivity index (χ1n) is 9.01. The number of carbonyl (C=O) groups excluding carboxylic acids is 1. The van der Waals surface area contributed by atoms with Crippen molar-refractivity contribution in [3.05, 3.63) is 0 Å². The molecule has 1 saturated heterocycles. The largest absolute Gasteiger partial charge is 0.377 e. The predicted octanol–water partition coefficient (Wildman–Crippen LogP) is 0.519. The van der Waals surface area contributed by atoms with Gasteiger partial charge in [0.1, 0.15) is 0 Å². The Kier molecular flexibility index (Phi) is 9.71. The highest BCUT2D eigenvalue weighted by atomic mass is 16.5. The van der Waals surface area contributed by atoms with Crippen molar-refractivity contribution in [3.63, 3.8) is 0 Å². The number of ether oxygens (including phenoxy) is 1. The van der Waals surface area contributed by atoms with E-state index in [1.54, 1.807) is 7.05 Å². The minimum Gasteiger partial charge on any atom is -0.377 e. The van der Waals surface area contributed by atoms with E-state index in [1.165, 1.54) is 0 Å². The van der Waals surface area contributed by atoms with Crippen molar-refractivity contribution in [1.82, 2.24) is 20.4 Å². The van der Waals surface area contributed by atoms with Crippen molar-refractivity contribution in [1.29, 1.82) is 0 Å². The zero-order chi connectivity index (χ0) is 17.9. The van der Waals surface area contributed by atoms with E-state index in [2.05, 4.69) is 34.6 Å². The van der Waals surface area contributed by atoms with E-state index in [9.17, 15) is 4.79 Å². The van der Waals surface area contributed by atoms with Crippen LogP contribution in [0.3, 0.4) is 0 Å². The molecule has 7 nitrogen and oxygen atoms in total. The third-order valence-electron chi connectivity index (χ3n) is 4.21. The van der Waals surface area contributed by atoms with Gasteiger partial charge in [-0.1, -0.05) is 6.92 Å². The summed E-state index contributed by atoms with van der Waals surface area (Å²) in [7, 11) is 5.91. The van der Waals surface area contributed by atoms with E-state index < -0.39 is 0 Å². The van der Waals surface area contributed by atoms with Crippen LogP contribution in [0.15, 0.2) is 4.99 Å².